The van der Waals surface area contributed by atoms with E-state index >= 15 is 0 Å². The minimum absolute atomic E-state index is 0.0104. The molecule has 0 aliphatic heterocycles. The van der Waals surface area contributed by atoms with Gasteiger partial charge < -0.3 is 14.8 Å². The molecule has 4 rings (SSSR count). The number of rotatable bonds is 9. The molecule has 0 amide bonds. The van der Waals surface area contributed by atoms with Crippen LogP contribution in [0.3, 0.4) is 0 Å². The van der Waals surface area contributed by atoms with Crippen LogP contribution in [0.2, 0.25) is 0 Å². The Labute approximate surface area is 226 Å². The van der Waals surface area contributed by atoms with Crippen molar-refractivity contribution in [2.45, 2.75) is 32.4 Å². The molecule has 0 spiro atoms. The molecule has 4 N–H and O–H groups in total. The number of amidine groups is 2. The molecule has 0 radical (unpaired) electrons. The van der Waals surface area contributed by atoms with Crippen molar-refractivity contribution in [3.8, 4) is 10.9 Å². The third-order valence-corrected chi connectivity index (χ3v) is 7.90. The van der Waals surface area contributed by atoms with Gasteiger partial charge in [-0.05, 0) is 43.9 Å². The van der Waals surface area contributed by atoms with E-state index in [1.165, 1.54) is 22.7 Å². The molecule has 0 saturated heterocycles. The first-order chi connectivity index (χ1) is 17.9. The van der Waals surface area contributed by atoms with Gasteiger partial charge in [-0.3, -0.25) is 16.1 Å². The zero-order valence-corrected chi connectivity index (χ0v) is 22.9. The maximum absolute atomic E-state index is 8.08. The summed E-state index contributed by atoms with van der Waals surface area (Å²) in [6, 6.07) is 14.9. The Morgan fingerprint density at radius 1 is 0.865 bits per heavy atom. The maximum Gasteiger partial charge on any atom is 0.301 e. The minimum Gasteiger partial charge on any atom is -0.426 e. The van der Waals surface area contributed by atoms with Gasteiger partial charge in [0.05, 0.1) is 5.25 Å². The van der Waals surface area contributed by atoms with Crippen LogP contribution in [0.25, 0.3) is 0 Å². The van der Waals surface area contributed by atoms with Gasteiger partial charge >= 0.3 is 5.19 Å². The summed E-state index contributed by atoms with van der Waals surface area (Å²) in [4.78, 5) is 0. The number of hydrogen-bond donors (Lipinski definition) is 4. The molecule has 0 saturated carbocycles. The van der Waals surface area contributed by atoms with E-state index in [-0.39, 0.29) is 17.3 Å². The fourth-order valence-electron chi connectivity index (χ4n) is 3.08. The highest BCUT2D eigenvalue weighted by Crippen LogP contribution is 2.36. The normalized spacial score (nSPS) is 11.5. The lowest BCUT2D eigenvalue weighted by atomic mass is 10.2. The molecule has 0 aliphatic carbocycles. The van der Waals surface area contributed by atoms with Crippen molar-refractivity contribution >= 4 is 57.3 Å². The Hall–Kier alpha value is -3.55. The molecule has 13 heteroatoms. The largest absolute Gasteiger partial charge is 0.426 e. The van der Waals surface area contributed by atoms with Gasteiger partial charge in [0.1, 0.15) is 15.8 Å². The van der Waals surface area contributed by atoms with Crippen molar-refractivity contribution in [1.29, 1.82) is 10.8 Å². The molecular weight excluding hydrogens is 529 g/mol. The summed E-state index contributed by atoms with van der Waals surface area (Å²) in [6.07, 6.45) is 0.588. The molecule has 0 fully saturated rings. The highest BCUT2D eigenvalue weighted by atomic mass is 32.2. The van der Waals surface area contributed by atoms with Gasteiger partial charge in [0.15, 0.2) is 0 Å². The van der Waals surface area contributed by atoms with E-state index in [9.17, 15) is 0 Å². The van der Waals surface area contributed by atoms with Crippen LogP contribution >= 0.6 is 34.4 Å². The third-order valence-electron chi connectivity index (χ3n) is 4.85. The number of aryl methyl sites for hydroxylation is 2. The standard InChI is InChI=1S/C24H26N8O2S3/c1-4-35-18(20-30-31-23(37-20)28-22(26)33-17-11-7-15(3)8-12-17)13-19-29-32-24(36-19)34-21(25)27-16-9-5-14(2)6-10-16/h5-12,18H,4,13H2,1-3H3,(H2,25,27)(H2,26,28,31). The Kier molecular flexibility index (Phi) is 9.04. The van der Waals surface area contributed by atoms with Crippen LogP contribution in [-0.2, 0) is 6.42 Å². The third kappa shape index (κ3) is 7.97. The summed E-state index contributed by atoms with van der Waals surface area (Å²) in [7, 11) is 0. The lowest BCUT2D eigenvalue weighted by molar-refractivity contribution is 0.531. The number of nitrogens with one attached hydrogen (secondary N) is 4. The first-order valence-electron chi connectivity index (χ1n) is 11.4. The second kappa shape index (κ2) is 12.6. The van der Waals surface area contributed by atoms with Crippen LogP contribution in [0, 0.1) is 24.7 Å². The molecule has 192 valence electrons. The molecule has 37 heavy (non-hydrogen) atoms. The summed E-state index contributed by atoms with van der Waals surface area (Å²) in [5.74, 6) is 1.45. The first kappa shape index (κ1) is 26.5. The molecule has 1 atom stereocenters. The van der Waals surface area contributed by atoms with Crippen molar-refractivity contribution in [1.82, 2.24) is 20.4 Å². The van der Waals surface area contributed by atoms with Gasteiger partial charge in [-0.1, -0.05) is 70.1 Å². The summed E-state index contributed by atoms with van der Waals surface area (Å²) in [6.45, 7) is 6.07. The average Bonchev–Trinajstić information content (AvgIpc) is 3.51. The Morgan fingerprint density at radius 3 is 2.24 bits per heavy atom. The van der Waals surface area contributed by atoms with E-state index in [1.807, 2.05) is 62.4 Å². The van der Waals surface area contributed by atoms with E-state index in [4.69, 9.17) is 20.3 Å². The number of hydrogen-bond acceptors (Lipinski definition) is 11. The van der Waals surface area contributed by atoms with Crippen molar-refractivity contribution in [2.24, 2.45) is 0 Å². The maximum atomic E-state index is 8.08. The predicted molar refractivity (Wildman–Crippen MR) is 151 cm³/mol. The van der Waals surface area contributed by atoms with Crippen molar-refractivity contribution < 1.29 is 9.47 Å². The second-order valence-electron chi connectivity index (χ2n) is 7.85. The van der Waals surface area contributed by atoms with Crippen LogP contribution in [0.4, 0.5) is 10.8 Å². The number of nitrogens with zero attached hydrogens (tertiary/aromatic N) is 4. The van der Waals surface area contributed by atoms with Crippen LogP contribution in [-0.4, -0.2) is 38.2 Å². The van der Waals surface area contributed by atoms with Gasteiger partial charge in [0.2, 0.25) is 5.13 Å². The van der Waals surface area contributed by atoms with Crippen LogP contribution in [0.1, 0.15) is 33.3 Å². The molecule has 0 bridgehead atoms. The summed E-state index contributed by atoms with van der Waals surface area (Å²) < 4.78 is 11.0. The predicted octanol–water partition coefficient (Wildman–Crippen LogP) is 5.89. The van der Waals surface area contributed by atoms with Crippen molar-refractivity contribution in [3.63, 3.8) is 0 Å². The fourth-order valence-corrected chi connectivity index (χ4v) is 5.86. The number of thioether (sulfide) groups is 1. The number of anilines is 2. The summed E-state index contributed by atoms with van der Waals surface area (Å²) >= 11 is 4.38. The zero-order chi connectivity index (χ0) is 26.2. The van der Waals surface area contributed by atoms with Crippen molar-refractivity contribution in [2.75, 3.05) is 16.4 Å². The average molecular weight is 555 g/mol. The van der Waals surface area contributed by atoms with Gasteiger partial charge in [-0.25, -0.2) is 0 Å². The number of aromatic nitrogens is 4. The summed E-state index contributed by atoms with van der Waals surface area (Å²) in [5, 5.41) is 41.1. The number of benzene rings is 2. The number of ether oxygens (including phenoxy) is 2. The molecule has 1 unspecified atom stereocenters. The fraction of sp³-hybridized carbons (Fsp3) is 0.250. The van der Waals surface area contributed by atoms with Crippen molar-refractivity contribution in [3.05, 3.63) is 69.7 Å². The Bertz CT molecular complexity index is 1340. The molecular formula is C24H26N8O2S3. The molecule has 2 heterocycles. The summed E-state index contributed by atoms with van der Waals surface area (Å²) in [5.41, 5.74) is 3.02. The van der Waals surface area contributed by atoms with Gasteiger partial charge in [0, 0.05) is 12.1 Å². The molecule has 0 aliphatic rings. The molecule has 2 aromatic heterocycles. The van der Waals surface area contributed by atoms with E-state index in [1.54, 1.807) is 11.8 Å². The lowest BCUT2D eigenvalue weighted by Gasteiger charge is -2.10. The van der Waals surface area contributed by atoms with Crippen LogP contribution in [0.5, 0.6) is 10.9 Å². The van der Waals surface area contributed by atoms with Crippen LogP contribution < -0.4 is 20.1 Å². The van der Waals surface area contributed by atoms with Gasteiger partial charge in [-0.15, -0.1) is 15.3 Å². The first-order valence-corrected chi connectivity index (χ1v) is 14.0. The van der Waals surface area contributed by atoms with Gasteiger partial charge in [-0.2, -0.15) is 11.8 Å². The topological polar surface area (TPSA) is 142 Å². The smallest absolute Gasteiger partial charge is 0.301 e. The SMILES string of the molecule is CCSC(Cc1nnc(OC(=N)Nc2ccc(C)cc2)s1)c1nnc(NC(=N)Oc2ccc(C)cc2)s1. The van der Waals surface area contributed by atoms with Crippen LogP contribution in [0.15, 0.2) is 48.5 Å². The quantitative estimate of drug-likeness (QED) is 0.147. The zero-order valence-electron chi connectivity index (χ0n) is 20.4. The second-order valence-corrected chi connectivity index (χ2v) is 11.4. The molecule has 4 aromatic rings. The van der Waals surface area contributed by atoms with E-state index in [2.05, 4.69) is 38.0 Å². The monoisotopic (exact) mass is 554 g/mol. The molecule has 10 nitrogen and oxygen atoms in total. The Morgan fingerprint density at radius 2 is 1.54 bits per heavy atom. The van der Waals surface area contributed by atoms with E-state index in [0.29, 0.717) is 22.5 Å². The molecule has 2 aromatic carbocycles. The van der Waals surface area contributed by atoms with E-state index in [0.717, 1.165) is 32.6 Å². The Balaban J connectivity index is 1.33. The highest BCUT2D eigenvalue weighted by Gasteiger charge is 2.21. The minimum atomic E-state index is -0.126. The van der Waals surface area contributed by atoms with E-state index < -0.39 is 0 Å². The van der Waals surface area contributed by atoms with Gasteiger partial charge in [0.25, 0.3) is 12.0 Å². The lowest BCUT2D eigenvalue weighted by Crippen LogP contribution is -2.17. The highest BCUT2D eigenvalue weighted by molar-refractivity contribution is 7.99.